The van der Waals surface area contributed by atoms with Crippen LogP contribution in [-0.2, 0) is 41.7 Å². The fourth-order valence-corrected chi connectivity index (χ4v) is 9.46. The smallest absolute Gasteiger partial charge is 0.315 e. The number of aliphatic hydroxyl groups is 1. The number of hydrogen-bond donors (Lipinski definition) is 6. The van der Waals surface area contributed by atoms with Crippen LogP contribution in [0.1, 0.15) is 61.9 Å². The molecule has 2 fully saturated rings. The molecule has 6 N–H and O–H groups in total. The van der Waals surface area contributed by atoms with Crippen molar-refractivity contribution in [3.63, 3.8) is 0 Å². The highest BCUT2D eigenvalue weighted by Gasteiger charge is 2.43. The van der Waals surface area contributed by atoms with Crippen molar-refractivity contribution in [2.75, 3.05) is 51.9 Å². The molecule has 0 spiro atoms. The number of aromatic nitrogens is 4. The number of urea groups is 1. The van der Waals surface area contributed by atoms with Crippen LogP contribution in [0.2, 0.25) is 5.02 Å². The van der Waals surface area contributed by atoms with Gasteiger partial charge in [0, 0.05) is 64.5 Å². The van der Waals surface area contributed by atoms with Crippen LogP contribution in [0.4, 0.5) is 9.18 Å². The molecule has 3 aromatic rings. The third-order valence-corrected chi connectivity index (χ3v) is 12.8. The van der Waals surface area contributed by atoms with Gasteiger partial charge in [0.25, 0.3) is 0 Å². The number of benzene rings is 1. The van der Waals surface area contributed by atoms with Gasteiger partial charge in [0.2, 0.25) is 11.8 Å². The molecule has 1 aromatic carbocycles. The van der Waals surface area contributed by atoms with Crippen LogP contribution in [-0.4, -0.2) is 136 Å². The maximum absolute atomic E-state index is 14.0. The van der Waals surface area contributed by atoms with Crippen LogP contribution in [0.15, 0.2) is 75.4 Å². The quantitative estimate of drug-likeness (QED) is 0.0501. The fourth-order valence-electron chi connectivity index (χ4n) is 7.65. The molecule has 0 bridgehead atoms. The molecule has 0 saturated carbocycles. The van der Waals surface area contributed by atoms with E-state index < -0.39 is 36.0 Å². The number of carbonyl (C=O) groups excluding carboxylic acids is 4. The van der Waals surface area contributed by atoms with E-state index in [0.29, 0.717) is 72.8 Å². The van der Waals surface area contributed by atoms with Gasteiger partial charge in [-0.1, -0.05) is 29.3 Å². The van der Waals surface area contributed by atoms with Gasteiger partial charge in [-0.15, -0.1) is 5.10 Å². The summed E-state index contributed by atoms with van der Waals surface area (Å²) in [5.41, 5.74) is 1.37. The molecule has 0 radical (unpaired) electrons. The number of ether oxygens (including phenoxy) is 3. The number of nitrogens with zero attached hydrogens (tertiary/aromatic N) is 7. The number of rotatable bonds is 26. The Bertz CT molecular complexity index is 2260. The molecule has 7 rings (SSSR count). The van der Waals surface area contributed by atoms with Gasteiger partial charge in [0.05, 0.1) is 70.2 Å². The first kappa shape index (κ1) is 47.6. The lowest BCUT2D eigenvalue weighted by molar-refractivity contribution is -0.129. The Morgan fingerprint density at radius 1 is 1.06 bits per heavy atom. The molecule has 0 aliphatic carbocycles. The molecule has 1 unspecified atom stereocenters. The van der Waals surface area contributed by atoms with Gasteiger partial charge in [0.1, 0.15) is 36.0 Å². The van der Waals surface area contributed by atoms with Crippen molar-refractivity contribution < 1.29 is 42.9 Å². The zero-order valence-electron chi connectivity index (χ0n) is 35.7. The van der Waals surface area contributed by atoms with Crippen LogP contribution in [0, 0.1) is 5.82 Å². The molecular formula is C42H52ClFN12O8S. The van der Waals surface area contributed by atoms with Crippen molar-refractivity contribution in [3.05, 3.63) is 87.9 Å². The van der Waals surface area contributed by atoms with Gasteiger partial charge in [-0.05, 0) is 44.0 Å². The van der Waals surface area contributed by atoms with Crippen molar-refractivity contribution in [2.45, 2.75) is 87.3 Å². The Morgan fingerprint density at radius 3 is 2.63 bits per heavy atom. The Labute approximate surface area is 383 Å². The average molecular weight is 939 g/mol. The van der Waals surface area contributed by atoms with Crippen molar-refractivity contribution in [1.82, 2.24) is 46.6 Å². The number of aliphatic hydroxyl groups excluding tert-OH is 1. The second-order valence-corrected chi connectivity index (χ2v) is 17.7. The summed E-state index contributed by atoms with van der Waals surface area (Å²) in [6.45, 7) is 2.76. The predicted molar refractivity (Wildman–Crippen MR) is 235 cm³/mol. The molecule has 23 heteroatoms. The van der Waals surface area contributed by atoms with E-state index in [2.05, 4.69) is 52.1 Å². The van der Waals surface area contributed by atoms with Gasteiger partial charge < -0.3 is 45.9 Å². The third-order valence-electron chi connectivity index (χ3n) is 11.0. The fraction of sp³-hybridized carbons (Fsp3) is 0.524. The molecule has 65 heavy (non-hydrogen) atoms. The molecule has 5 atom stereocenters. The summed E-state index contributed by atoms with van der Waals surface area (Å²) in [7, 11) is 0. The Hall–Kier alpha value is -5.39. The van der Waals surface area contributed by atoms with E-state index in [4.69, 9.17) is 30.8 Å². The molecule has 4 amide bonds. The Morgan fingerprint density at radius 2 is 1.86 bits per heavy atom. The summed E-state index contributed by atoms with van der Waals surface area (Å²) in [4.78, 5) is 59.4. The number of hydrogen-bond acceptors (Lipinski definition) is 16. The number of unbranched alkanes of at least 4 members (excludes halogenated alkanes) is 1. The monoisotopic (exact) mass is 938 g/mol. The highest BCUT2D eigenvalue weighted by molar-refractivity contribution is 8.00. The third kappa shape index (κ3) is 13.4. The lowest BCUT2D eigenvalue weighted by Crippen LogP contribution is -2.49. The second-order valence-electron chi connectivity index (χ2n) is 16.0. The Kier molecular flexibility index (Phi) is 16.6. The molecule has 4 aliphatic heterocycles. The molecule has 20 nitrogen and oxygen atoms in total. The number of pyridine rings is 1. The Balaban J connectivity index is 0.784. The summed E-state index contributed by atoms with van der Waals surface area (Å²) in [5.74, 6) is -0.389. The van der Waals surface area contributed by atoms with E-state index >= 15 is 0 Å². The molecular weight excluding hydrogens is 887 g/mol. The lowest BCUT2D eigenvalue weighted by Gasteiger charge is -2.28. The van der Waals surface area contributed by atoms with Crippen LogP contribution in [0.3, 0.4) is 0 Å². The number of halogens is 2. The molecule has 2 saturated heterocycles. The zero-order valence-corrected chi connectivity index (χ0v) is 37.3. The van der Waals surface area contributed by atoms with E-state index in [0.717, 1.165) is 24.7 Å². The minimum atomic E-state index is -0.953. The SMILES string of the molecule is CC1(C[C@H](NC(=O)CCCC[C@@H]2SC[C@@H]3NC(=O)N[C@@H]32)C(=O)NCCOCCOCCn2cc(COCC3=C(C(=O)CO)C(c4ccc(F)cc4Cl)N=C(c4ccncc4)N3)nn2)N=N1. The van der Waals surface area contributed by atoms with E-state index in [-0.39, 0.29) is 73.3 Å². The number of nitrogens with one attached hydrogen (secondary N) is 5. The first-order valence-corrected chi connectivity index (χ1v) is 22.8. The van der Waals surface area contributed by atoms with Crippen LogP contribution in [0.5, 0.6) is 0 Å². The highest BCUT2D eigenvalue weighted by atomic mass is 35.5. The zero-order chi connectivity index (χ0) is 45.8. The van der Waals surface area contributed by atoms with Gasteiger partial charge in [-0.25, -0.2) is 13.9 Å². The topological polar surface area (TPSA) is 257 Å². The summed E-state index contributed by atoms with van der Waals surface area (Å²) < 4.78 is 32.9. The molecule has 4 aliphatic rings. The van der Waals surface area contributed by atoms with Gasteiger partial charge in [0.15, 0.2) is 11.4 Å². The number of ketones is 1. The number of aliphatic imine (C=N–C) groups is 1. The van der Waals surface area contributed by atoms with Gasteiger partial charge >= 0.3 is 6.03 Å². The van der Waals surface area contributed by atoms with Crippen LogP contribution < -0.4 is 26.6 Å². The molecule has 6 heterocycles. The van der Waals surface area contributed by atoms with Crippen molar-refractivity contribution in [1.29, 1.82) is 0 Å². The average Bonchev–Trinajstić information content (AvgIpc) is 3.54. The molecule has 2 aromatic heterocycles. The summed E-state index contributed by atoms with van der Waals surface area (Å²) in [5, 5.41) is 41.4. The number of amides is 4. The number of carbonyl (C=O) groups is 4. The largest absolute Gasteiger partial charge is 0.388 e. The van der Waals surface area contributed by atoms with Gasteiger partial charge in [-0.2, -0.15) is 22.0 Å². The minimum Gasteiger partial charge on any atom is -0.388 e. The van der Waals surface area contributed by atoms with Crippen molar-refractivity contribution in [2.24, 2.45) is 15.2 Å². The number of thioether (sulfide) groups is 1. The van der Waals surface area contributed by atoms with Gasteiger partial charge in [-0.3, -0.25) is 24.4 Å². The van der Waals surface area contributed by atoms with Crippen LogP contribution >= 0.6 is 23.4 Å². The summed E-state index contributed by atoms with van der Waals surface area (Å²) >= 11 is 8.27. The van der Waals surface area contributed by atoms with Crippen LogP contribution in [0.25, 0.3) is 0 Å². The van der Waals surface area contributed by atoms with Crippen molar-refractivity contribution in [3.8, 4) is 0 Å². The van der Waals surface area contributed by atoms with E-state index in [1.165, 1.54) is 12.1 Å². The standard InChI is InChI=1S/C42H52ClFN12O8S/c1-42(53-54-42)19-30(47-35(59)5-3-2-4-34-38-32(24-65-34)49-41(61)51-38)40(60)46-12-14-62-16-17-63-15-13-56-20-27(52-55-56)22-64-23-31-36(33(58)21-57)37(28-7-6-26(44)18-29(28)43)50-39(48-31)25-8-10-45-11-9-25/h6-11,18,20,30,32,34,37-38,57H,2-5,12-17,19,21-24H2,1H3,(H,46,60)(H,47,59)(H,48,50)(H2,49,51,61)/t30-,32-,34-,37?,38-/m0/s1. The minimum absolute atomic E-state index is 0.0420. The van der Waals surface area contributed by atoms with E-state index in [1.54, 1.807) is 42.3 Å². The molecule has 348 valence electrons. The number of fused-ring (bicyclic) bond motifs is 1. The first-order valence-electron chi connectivity index (χ1n) is 21.4. The van der Waals surface area contributed by atoms with E-state index in [1.807, 2.05) is 11.8 Å². The number of Topliss-reactive ketones (excluding diaryl/α,β-unsaturated/α-hetero) is 1. The number of amidine groups is 1. The maximum atomic E-state index is 14.0. The second kappa shape index (κ2) is 22.7. The normalized spacial score (nSPS) is 20.9. The van der Waals surface area contributed by atoms with Crippen molar-refractivity contribution >= 4 is 52.8 Å². The summed E-state index contributed by atoms with van der Waals surface area (Å²) in [6, 6.07) is 5.75. The lowest BCUT2D eigenvalue weighted by atomic mass is 9.92. The predicted octanol–water partition coefficient (Wildman–Crippen LogP) is 2.52. The van der Waals surface area contributed by atoms with E-state index in [9.17, 15) is 28.7 Å². The highest BCUT2D eigenvalue weighted by Crippen LogP contribution is 2.37. The summed E-state index contributed by atoms with van der Waals surface area (Å²) in [6.07, 6.45) is 7.87. The first-order chi connectivity index (χ1) is 31.5. The maximum Gasteiger partial charge on any atom is 0.315 e.